The number of halogens is 1. The van der Waals surface area contributed by atoms with E-state index in [9.17, 15) is 0 Å². The highest BCUT2D eigenvalue weighted by molar-refractivity contribution is 6.22. The fourth-order valence-corrected chi connectivity index (χ4v) is 3.37. The molecule has 0 fully saturated rings. The molecule has 0 aromatic heterocycles. The van der Waals surface area contributed by atoms with Crippen molar-refractivity contribution in [2.24, 2.45) is 0 Å². The first kappa shape index (κ1) is 13.7. The zero-order valence-corrected chi connectivity index (χ0v) is 12.8. The normalized spacial score (nSPS) is 15.1. The molecule has 1 unspecified atom stereocenters. The highest BCUT2D eigenvalue weighted by Crippen LogP contribution is 2.32. The second-order valence-corrected chi connectivity index (χ2v) is 6.17. The third-order valence-electron chi connectivity index (χ3n) is 4.23. The van der Waals surface area contributed by atoms with Gasteiger partial charge in [0, 0.05) is 0 Å². The Kier molecular flexibility index (Phi) is 4.12. The summed E-state index contributed by atoms with van der Waals surface area (Å²) < 4.78 is 0. The predicted octanol–water partition coefficient (Wildman–Crippen LogP) is 5.46. The molecular weight excluding hydrogens is 264 g/mol. The summed E-state index contributed by atoms with van der Waals surface area (Å²) in [4.78, 5) is 0. The highest BCUT2D eigenvalue weighted by Gasteiger charge is 2.15. The molecule has 0 saturated carbocycles. The number of rotatable bonds is 4. The Morgan fingerprint density at radius 3 is 2.40 bits per heavy atom. The number of aryl methyl sites for hydroxylation is 3. The van der Waals surface area contributed by atoms with E-state index in [1.54, 1.807) is 0 Å². The van der Waals surface area contributed by atoms with Crippen LogP contribution in [0, 0.1) is 0 Å². The molecule has 0 amide bonds. The van der Waals surface area contributed by atoms with E-state index in [0.717, 1.165) is 6.42 Å². The molecule has 2 aromatic rings. The van der Waals surface area contributed by atoms with E-state index in [4.69, 9.17) is 11.6 Å². The van der Waals surface area contributed by atoms with Gasteiger partial charge in [-0.1, -0.05) is 55.8 Å². The Morgan fingerprint density at radius 2 is 1.65 bits per heavy atom. The Balaban J connectivity index is 1.82. The molecule has 0 aliphatic heterocycles. The third-order valence-corrected chi connectivity index (χ3v) is 4.73. The Hall–Kier alpha value is -1.27. The average molecular weight is 285 g/mol. The van der Waals surface area contributed by atoms with E-state index in [1.165, 1.54) is 53.5 Å². The topological polar surface area (TPSA) is 0 Å². The predicted molar refractivity (Wildman–Crippen MR) is 86.6 cm³/mol. The lowest BCUT2D eigenvalue weighted by Crippen LogP contribution is -1.96. The minimum Gasteiger partial charge on any atom is -0.113 e. The van der Waals surface area contributed by atoms with Gasteiger partial charge in [-0.3, -0.25) is 0 Å². The molecule has 0 nitrogen and oxygen atoms in total. The van der Waals surface area contributed by atoms with Crippen LogP contribution < -0.4 is 0 Å². The van der Waals surface area contributed by atoms with E-state index < -0.39 is 0 Å². The molecule has 0 saturated heterocycles. The molecule has 1 aliphatic carbocycles. The van der Waals surface area contributed by atoms with Gasteiger partial charge in [-0.15, -0.1) is 11.6 Å². The lowest BCUT2D eigenvalue weighted by atomic mass is 9.99. The minimum atomic E-state index is -0.0309. The van der Waals surface area contributed by atoms with Crippen molar-refractivity contribution < 1.29 is 0 Å². The maximum Gasteiger partial charge on any atom is 0.0835 e. The highest BCUT2D eigenvalue weighted by atomic mass is 35.5. The van der Waals surface area contributed by atoms with Crippen molar-refractivity contribution in [2.75, 3.05) is 0 Å². The summed E-state index contributed by atoms with van der Waals surface area (Å²) in [7, 11) is 0. The SMILES string of the molecule is CCCc1ccc(C(Cl)c2ccc3c(c2)CCC3)cc1. The second-order valence-electron chi connectivity index (χ2n) is 5.74. The molecule has 1 aliphatic rings. The maximum absolute atomic E-state index is 6.66. The lowest BCUT2D eigenvalue weighted by Gasteiger charge is -2.13. The monoisotopic (exact) mass is 284 g/mol. The summed E-state index contributed by atoms with van der Waals surface area (Å²) >= 11 is 6.66. The van der Waals surface area contributed by atoms with E-state index in [1.807, 2.05) is 0 Å². The van der Waals surface area contributed by atoms with Crippen LogP contribution in [0.15, 0.2) is 42.5 Å². The van der Waals surface area contributed by atoms with Crippen LogP contribution in [-0.2, 0) is 19.3 Å². The zero-order valence-electron chi connectivity index (χ0n) is 12.0. The summed E-state index contributed by atoms with van der Waals surface area (Å²) in [6, 6.07) is 15.5. The molecule has 0 spiro atoms. The van der Waals surface area contributed by atoms with Crippen molar-refractivity contribution in [1.29, 1.82) is 0 Å². The van der Waals surface area contributed by atoms with Gasteiger partial charge in [0.05, 0.1) is 5.38 Å². The number of benzene rings is 2. The van der Waals surface area contributed by atoms with Gasteiger partial charge in [0.15, 0.2) is 0 Å². The number of hydrogen-bond donors (Lipinski definition) is 0. The first-order chi connectivity index (χ1) is 9.78. The van der Waals surface area contributed by atoms with Crippen LogP contribution in [-0.4, -0.2) is 0 Å². The van der Waals surface area contributed by atoms with Crippen LogP contribution >= 0.6 is 11.6 Å². The summed E-state index contributed by atoms with van der Waals surface area (Å²) in [5.41, 5.74) is 6.83. The van der Waals surface area contributed by atoms with Gasteiger partial charge in [-0.05, 0) is 53.5 Å². The van der Waals surface area contributed by atoms with Crippen molar-refractivity contribution in [1.82, 2.24) is 0 Å². The van der Waals surface area contributed by atoms with Crippen LogP contribution in [0.1, 0.15) is 53.0 Å². The first-order valence-corrected chi connectivity index (χ1v) is 8.06. The van der Waals surface area contributed by atoms with Crippen molar-refractivity contribution >= 4 is 11.6 Å². The van der Waals surface area contributed by atoms with Crippen molar-refractivity contribution in [3.63, 3.8) is 0 Å². The lowest BCUT2D eigenvalue weighted by molar-refractivity contribution is 0.911. The molecular formula is C19H21Cl. The van der Waals surface area contributed by atoms with Gasteiger partial charge in [0.1, 0.15) is 0 Å². The maximum atomic E-state index is 6.66. The zero-order chi connectivity index (χ0) is 13.9. The van der Waals surface area contributed by atoms with Crippen LogP contribution in [0.5, 0.6) is 0 Å². The molecule has 104 valence electrons. The van der Waals surface area contributed by atoms with E-state index >= 15 is 0 Å². The molecule has 0 radical (unpaired) electrons. The van der Waals surface area contributed by atoms with Crippen molar-refractivity contribution in [3.05, 3.63) is 70.3 Å². The summed E-state index contributed by atoms with van der Waals surface area (Å²) in [5.74, 6) is 0. The Labute approximate surface area is 126 Å². The number of hydrogen-bond acceptors (Lipinski definition) is 0. The quantitative estimate of drug-likeness (QED) is 0.654. The van der Waals surface area contributed by atoms with Crippen molar-refractivity contribution in [2.45, 2.75) is 44.4 Å². The van der Waals surface area contributed by atoms with Gasteiger partial charge in [0.25, 0.3) is 0 Å². The minimum absolute atomic E-state index is 0.0309. The van der Waals surface area contributed by atoms with Gasteiger partial charge in [0.2, 0.25) is 0 Å². The standard InChI is InChI=1S/C19H21Cl/c1-2-4-14-7-9-16(10-8-14)19(20)18-12-11-15-5-3-6-17(15)13-18/h7-13,19H,2-6H2,1H3. The Bertz CT molecular complexity index is 583. The smallest absolute Gasteiger partial charge is 0.0835 e. The molecule has 1 atom stereocenters. The van der Waals surface area contributed by atoms with E-state index in [2.05, 4.69) is 49.4 Å². The number of fused-ring (bicyclic) bond motifs is 1. The van der Waals surface area contributed by atoms with Gasteiger partial charge in [-0.2, -0.15) is 0 Å². The fraction of sp³-hybridized carbons (Fsp3) is 0.368. The van der Waals surface area contributed by atoms with E-state index in [-0.39, 0.29) is 5.38 Å². The fourth-order valence-electron chi connectivity index (χ4n) is 3.08. The van der Waals surface area contributed by atoms with Crippen LogP contribution in [0.4, 0.5) is 0 Å². The molecule has 0 heterocycles. The molecule has 3 rings (SSSR count). The molecule has 0 bridgehead atoms. The molecule has 1 heteroatoms. The van der Waals surface area contributed by atoms with Gasteiger partial charge < -0.3 is 0 Å². The summed E-state index contributed by atoms with van der Waals surface area (Å²) in [6.07, 6.45) is 6.06. The second kappa shape index (κ2) is 6.01. The van der Waals surface area contributed by atoms with Crippen LogP contribution in [0.25, 0.3) is 0 Å². The van der Waals surface area contributed by atoms with Gasteiger partial charge in [-0.25, -0.2) is 0 Å². The molecule has 0 N–H and O–H groups in total. The van der Waals surface area contributed by atoms with E-state index in [0.29, 0.717) is 0 Å². The van der Waals surface area contributed by atoms with Crippen LogP contribution in [0.3, 0.4) is 0 Å². The van der Waals surface area contributed by atoms with Gasteiger partial charge >= 0.3 is 0 Å². The van der Waals surface area contributed by atoms with Crippen molar-refractivity contribution in [3.8, 4) is 0 Å². The summed E-state index contributed by atoms with van der Waals surface area (Å²) in [5, 5.41) is -0.0309. The number of alkyl halides is 1. The first-order valence-electron chi connectivity index (χ1n) is 7.62. The molecule has 2 aromatic carbocycles. The average Bonchev–Trinajstić information content (AvgIpc) is 2.95. The molecule has 20 heavy (non-hydrogen) atoms. The summed E-state index contributed by atoms with van der Waals surface area (Å²) in [6.45, 7) is 2.21. The Morgan fingerprint density at radius 1 is 0.950 bits per heavy atom. The largest absolute Gasteiger partial charge is 0.113 e. The van der Waals surface area contributed by atoms with Crippen LogP contribution in [0.2, 0.25) is 0 Å². The third kappa shape index (κ3) is 2.76.